The fraction of sp³-hybridized carbons (Fsp3) is 0.333. The van der Waals surface area contributed by atoms with E-state index in [1.807, 2.05) is 30.3 Å². The number of hydrogen-bond donors (Lipinski definition) is 0. The van der Waals surface area contributed by atoms with Crippen LogP contribution in [0, 0.1) is 5.41 Å². The number of rotatable bonds is 3. The number of methoxy groups -OCH3 is 1. The molecule has 0 radical (unpaired) electrons. The Morgan fingerprint density at radius 2 is 1.83 bits per heavy atom. The van der Waals surface area contributed by atoms with E-state index in [1.165, 1.54) is 0 Å². The zero-order valence-electron chi connectivity index (χ0n) is 17.2. The van der Waals surface area contributed by atoms with Gasteiger partial charge in [0.25, 0.3) is 0 Å². The molecule has 2 aromatic carbocycles. The number of hydrogen-bond acceptors (Lipinski definition) is 3. The third-order valence-electron chi connectivity index (χ3n) is 5.79. The molecule has 1 atom stereocenters. The van der Waals surface area contributed by atoms with Crippen LogP contribution in [0.4, 0.5) is 5.69 Å². The van der Waals surface area contributed by atoms with Crippen LogP contribution >= 0.6 is 23.2 Å². The molecule has 4 nitrogen and oxygen atoms in total. The molecule has 1 amide bonds. The monoisotopic (exact) mass is 443 g/mol. The summed E-state index contributed by atoms with van der Waals surface area (Å²) in [4.78, 5) is 28.4. The Hall–Kier alpha value is -2.30. The Morgan fingerprint density at radius 3 is 2.53 bits per heavy atom. The maximum absolute atomic E-state index is 13.4. The lowest BCUT2D eigenvalue weighted by Crippen LogP contribution is -2.43. The standard InChI is InChI=1S/C24H23Cl2NO3/c1-24(2)12-20-23(21(28)13-24)18(17-8-7-14(25)9-19(17)26)11-22(29)27(20)15-5-4-6-16(10-15)30-3/h4-10,18H,11-13H2,1-3H3. The summed E-state index contributed by atoms with van der Waals surface area (Å²) >= 11 is 12.5. The Morgan fingerprint density at radius 1 is 1.07 bits per heavy atom. The van der Waals surface area contributed by atoms with Crippen LogP contribution in [0.15, 0.2) is 53.7 Å². The quantitative estimate of drug-likeness (QED) is 0.569. The van der Waals surface area contributed by atoms with E-state index in [2.05, 4.69) is 13.8 Å². The van der Waals surface area contributed by atoms with Crippen molar-refractivity contribution in [3.8, 4) is 5.75 Å². The summed E-state index contributed by atoms with van der Waals surface area (Å²) in [7, 11) is 1.59. The van der Waals surface area contributed by atoms with Crippen molar-refractivity contribution in [3.63, 3.8) is 0 Å². The second-order valence-electron chi connectivity index (χ2n) is 8.65. The van der Waals surface area contributed by atoms with Crippen molar-refractivity contribution >= 4 is 40.6 Å². The van der Waals surface area contributed by atoms with E-state index in [0.29, 0.717) is 39.9 Å². The lowest BCUT2D eigenvalue weighted by atomic mass is 9.69. The number of anilines is 1. The summed E-state index contributed by atoms with van der Waals surface area (Å²) in [6.07, 6.45) is 1.23. The van der Waals surface area contributed by atoms with Gasteiger partial charge in [-0.1, -0.05) is 49.2 Å². The maximum Gasteiger partial charge on any atom is 0.232 e. The molecule has 156 valence electrons. The first kappa shape index (κ1) is 21.0. The molecule has 0 fully saturated rings. The van der Waals surface area contributed by atoms with Crippen LogP contribution in [-0.4, -0.2) is 18.8 Å². The minimum atomic E-state index is -0.372. The predicted octanol–water partition coefficient (Wildman–Crippen LogP) is 6.17. The first-order chi connectivity index (χ1) is 14.2. The molecular formula is C24H23Cl2NO3. The molecule has 0 aromatic heterocycles. The molecule has 4 rings (SSSR count). The lowest BCUT2D eigenvalue weighted by Gasteiger charge is -2.43. The average Bonchev–Trinajstić information content (AvgIpc) is 2.66. The van der Waals surface area contributed by atoms with Crippen LogP contribution in [0.25, 0.3) is 0 Å². The second kappa shape index (κ2) is 7.75. The van der Waals surface area contributed by atoms with Gasteiger partial charge in [0.15, 0.2) is 5.78 Å². The van der Waals surface area contributed by atoms with Crippen molar-refractivity contribution in [2.45, 2.75) is 39.0 Å². The summed E-state index contributed by atoms with van der Waals surface area (Å²) in [5.74, 6) is 0.288. The smallest absolute Gasteiger partial charge is 0.232 e. The average molecular weight is 444 g/mol. The highest BCUT2D eigenvalue weighted by molar-refractivity contribution is 6.35. The number of halogens is 2. The van der Waals surface area contributed by atoms with Gasteiger partial charge in [-0.3, -0.25) is 14.5 Å². The number of ketones is 1. The highest BCUT2D eigenvalue weighted by Gasteiger charge is 2.44. The van der Waals surface area contributed by atoms with Gasteiger partial charge in [-0.05, 0) is 41.7 Å². The maximum atomic E-state index is 13.4. The lowest BCUT2D eigenvalue weighted by molar-refractivity contribution is -0.121. The van der Waals surface area contributed by atoms with Crippen molar-refractivity contribution in [1.29, 1.82) is 0 Å². The number of nitrogens with zero attached hydrogens (tertiary/aromatic N) is 1. The first-order valence-electron chi connectivity index (χ1n) is 9.88. The first-order valence-corrected chi connectivity index (χ1v) is 10.6. The predicted molar refractivity (Wildman–Crippen MR) is 119 cm³/mol. The Balaban J connectivity index is 1.91. The number of benzene rings is 2. The topological polar surface area (TPSA) is 46.6 Å². The summed E-state index contributed by atoms with van der Waals surface area (Å²) in [6, 6.07) is 12.6. The minimum absolute atomic E-state index is 0.0662. The highest BCUT2D eigenvalue weighted by atomic mass is 35.5. The number of amides is 1. The van der Waals surface area contributed by atoms with E-state index in [4.69, 9.17) is 27.9 Å². The number of carbonyl (C=O) groups excluding carboxylic acids is 2. The number of Topliss-reactive ketones (excluding diaryl/α,β-unsaturated/α-hetero) is 1. The van der Waals surface area contributed by atoms with Crippen LogP contribution in [0.3, 0.4) is 0 Å². The second-order valence-corrected chi connectivity index (χ2v) is 9.50. The zero-order valence-corrected chi connectivity index (χ0v) is 18.7. The minimum Gasteiger partial charge on any atom is -0.497 e. The van der Waals surface area contributed by atoms with Gasteiger partial charge in [0.2, 0.25) is 5.91 Å². The van der Waals surface area contributed by atoms with E-state index in [1.54, 1.807) is 24.1 Å². The molecule has 0 spiro atoms. The van der Waals surface area contributed by atoms with Gasteiger partial charge >= 0.3 is 0 Å². The van der Waals surface area contributed by atoms with Gasteiger partial charge in [0.1, 0.15) is 5.75 Å². The molecule has 0 saturated heterocycles. The molecule has 0 N–H and O–H groups in total. The van der Waals surface area contributed by atoms with E-state index < -0.39 is 0 Å². The van der Waals surface area contributed by atoms with E-state index >= 15 is 0 Å². The van der Waals surface area contributed by atoms with Crippen LogP contribution in [0.2, 0.25) is 10.0 Å². The number of ether oxygens (including phenoxy) is 1. The molecule has 0 bridgehead atoms. The summed E-state index contributed by atoms with van der Waals surface area (Å²) < 4.78 is 5.35. The SMILES string of the molecule is COc1cccc(N2C(=O)CC(c3ccc(Cl)cc3Cl)C3=C2CC(C)(C)CC3=O)c1. The van der Waals surface area contributed by atoms with E-state index in [9.17, 15) is 9.59 Å². The van der Waals surface area contributed by atoms with E-state index in [0.717, 1.165) is 11.3 Å². The normalized spacial score (nSPS) is 21.0. The highest BCUT2D eigenvalue weighted by Crippen LogP contribution is 2.49. The van der Waals surface area contributed by atoms with Crippen molar-refractivity contribution in [3.05, 3.63) is 69.3 Å². The number of carbonyl (C=O) groups is 2. The third kappa shape index (κ3) is 3.75. The van der Waals surface area contributed by atoms with Crippen LogP contribution in [-0.2, 0) is 9.59 Å². The van der Waals surface area contributed by atoms with Gasteiger partial charge in [0, 0.05) is 46.1 Å². The van der Waals surface area contributed by atoms with Gasteiger partial charge in [0.05, 0.1) is 12.8 Å². The van der Waals surface area contributed by atoms with Gasteiger partial charge in [-0.25, -0.2) is 0 Å². The number of allylic oxidation sites excluding steroid dienone is 2. The molecule has 30 heavy (non-hydrogen) atoms. The summed E-state index contributed by atoms with van der Waals surface area (Å²) in [6.45, 7) is 4.11. The fourth-order valence-electron chi connectivity index (χ4n) is 4.51. The van der Waals surface area contributed by atoms with Crippen molar-refractivity contribution in [2.75, 3.05) is 12.0 Å². The summed E-state index contributed by atoms with van der Waals surface area (Å²) in [5.41, 5.74) is 2.68. The molecule has 1 unspecified atom stereocenters. The van der Waals surface area contributed by atoms with E-state index in [-0.39, 0.29) is 29.4 Å². The van der Waals surface area contributed by atoms with Crippen molar-refractivity contribution in [2.24, 2.45) is 5.41 Å². The molecule has 6 heteroatoms. The molecule has 2 aliphatic rings. The Bertz CT molecular complexity index is 1070. The largest absolute Gasteiger partial charge is 0.497 e. The molecule has 1 heterocycles. The Labute approximate surface area is 186 Å². The van der Waals surface area contributed by atoms with Gasteiger partial charge < -0.3 is 4.74 Å². The van der Waals surface area contributed by atoms with Gasteiger partial charge in [-0.2, -0.15) is 0 Å². The third-order valence-corrected chi connectivity index (χ3v) is 6.35. The zero-order chi connectivity index (χ0) is 21.6. The van der Waals surface area contributed by atoms with Gasteiger partial charge in [-0.15, -0.1) is 0 Å². The fourth-order valence-corrected chi connectivity index (χ4v) is 5.05. The van der Waals surface area contributed by atoms with Crippen LogP contribution in [0.1, 0.15) is 44.6 Å². The Kier molecular flexibility index (Phi) is 5.41. The molecule has 1 aliphatic carbocycles. The van der Waals surface area contributed by atoms with Crippen LogP contribution < -0.4 is 9.64 Å². The van der Waals surface area contributed by atoms with Crippen molar-refractivity contribution in [1.82, 2.24) is 0 Å². The van der Waals surface area contributed by atoms with Crippen LogP contribution in [0.5, 0.6) is 5.75 Å². The molecule has 1 aliphatic heterocycles. The molecular weight excluding hydrogens is 421 g/mol. The molecule has 2 aromatic rings. The summed E-state index contributed by atoms with van der Waals surface area (Å²) in [5, 5.41) is 0.994. The molecule has 0 saturated carbocycles. The van der Waals surface area contributed by atoms with Crippen molar-refractivity contribution < 1.29 is 14.3 Å².